The molecule has 0 fully saturated rings. The number of ether oxygens (including phenoxy) is 1. The molecule has 39 heavy (non-hydrogen) atoms. The van der Waals surface area contributed by atoms with E-state index in [0.29, 0.717) is 10.7 Å². The second-order valence-electron chi connectivity index (χ2n) is 10.5. The maximum absolute atomic E-state index is 12.4. The van der Waals surface area contributed by atoms with Gasteiger partial charge in [-0.25, -0.2) is 4.84 Å². The van der Waals surface area contributed by atoms with Gasteiger partial charge in [0.2, 0.25) is 0 Å². The summed E-state index contributed by atoms with van der Waals surface area (Å²) in [4.78, 5) is 20.4. The molecule has 0 saturated carbocycles. The van der Waals surface area contributed by atoms with Gasteiger partial charge in [-0.15, -0.1) is 11.3 Å². The van der Waals surface area contributed by atoms with Crippen molar-refractivity contribution in [1.82, 2.24) is 14.5 Å². The highest BCUT2D eigenvalue weighted by Crippen LogP contribution is 2.38. The van der Waals surface area contributed by atoms with Crippen molar-refractivity contribution in [2.24, 2.45) is 5.92 Å². The Morgan fingerprint density at radius 1 is 1.10 bits per heavy atom. The van der Waals surface area contributed by atoms with E-state index in [1.807, 2.05) is 51.3 Å². The third kappa shape index (κ3) is 8.39. The summed E-state index contributed by atoms with van der Waals surface area (Å²) in [7, 11) is -3.69. The summed E-state index contributed by atoms with van der Waals surface area (Å²) >= 11 is 13.8. The number of nitrogens with zero attached hydrogens (tertiary/aromatic N) is 1. The van der Waals surface area contributed by atoms with Crippen LogP contribution in [0.25, 0.3) is 21.6 Å². The molecule has 2 aromatic heterocycles. The van der Waals surface area contributed by atoms with Gasteiger partial charge in [-0.2, -0.15) is 13.1 Å². The first-order valence-corrected chi connectivity index (χ1v) is 15.5. The van der Waals surface area contributed by atoms with Crippen molar-refractivity contribution in [3.05, 3.63) is 58.7 Å². The van der Waals surface area contributed by atoms with E-state index in [1.54, 1.807) is 38.2 Å². The molecule has 0 amide bonds. The van der Waals surface area contributed by atoms with E-state index in [-0.39, 0.29) is 18.6 Å². The highest BCUT2D eigenvalue weighted by Gasteiger charge is 2.29. The van der Waals surface area contributed by atoms with Gasteiger partial charge in [-0.05, 0) is 84.4 Å². The second-order valence-corrected chi connectivity index (χ2v) is 13.5. The largest absolute Gasteiger partial charge is 0.463 e. The first-order valence-electron chi connectivity index (χ1n) is 12.4. The standard InChI is InChI=1S/C27H34Cl2N4O4S2/c1-16(2)25(31-29)26(34)37-15-27(5,6)24-12-18(9-10-30-24)19-11-23(38-14-19)21-8-7-20(13-22(21)28)33-39(35,36)32-17(3)4/h7-14,16-17,25,31-33H,15H2,1-6H3/t25-/m0/s1. The molecule has 0 spiro atoms. The van der Waals surface area contributed by atoms with Crippen LogP contribution < -0.4 is 14.3 Å². The van der Waals surface area contributed by atoms with E-state index in [1.165, 1.54) is 11.3 Å². The molecule has 1 aromatic carbocycles. The van der Waals surface area contributed by atoms with Crippen LogP contribution in [0.15, 0.2) is 48.0 Å². The van der Waals surface area contributed by atoms with Crippen molar-refractivity contribution in [3.63, 3.8) is 0 Å². The number of benzene rings is 1. The van der Waals surface area contributed by atoms with E-state index in [9.17, 15) is 13.2 Å². The quantitative estimate of drug-likeness (QED) is 0.162. The maximum Gasteiger partial charge on any atom is 0.324 e. The fourth-order valence-corrected chi connectivity index (χ4v) is 6.49. The van der Waals surface area contributed by atoms with Crippen LogP contribution in [-0.4, -0.2) is 38.1 Å². The Kier molecular flexibility index (Phi) is 10.4. The fraction of sp³-hybridized carbons (Fsp3) is 0.407. The molecule has 2 heterocycles. The van der Waals surface area contributed by atoms with Crippen molar-refractivity contribution in [3.8, 4) is 21.6 Å². The molecule has 8 nitrogen and oxygen atoms in total. The third-order valence-corrected chi connectivity index (χ3v) is 8.67. The summed E-state index contributed by atoms with van der Waals surface area (Å²) in [5.41, 5.74) is 3.36. The number of carbonyl (C=O) groups excluding carboxylic acids is 1. The molecule has 212 valence electrons. The van der Waals surface area contributed by atoms with Crippen LogP contribution in [0.5, 0.6) is 0 Å². The lowest BCUT2D eigenvalue weighted by Gasteiger charge is -2.26. The lowest BCUT2D eigenvalue weighted by molar-refractivity contribution is -0.148. The fourth-order valence-electron chi connectivity index (χ4n) is 3.74. The van der Waals surface area contributed by atoms with Gasteiger partial charge in [0.15, 0.2) is 0 Å². The average molecular weight is 614 g/mol. The maximum atomic E-state index is 12.4. The molecule has 0 aliphatic rings. The van der Waals surface area contributed by atoms with E-state index < -0.39 is 27.6 Å². The highest BCUT2D eigenvalue weighted by atomic mass is 35.5. The smallest absolute Gasteiger partial charge is 0.324 e. The van der Waals surface area contributed by atoms with Gasteiger partial charge in [0.05, 0.1) is 10.7 Å². The molecule has 0 bridgehead atoms. The van der Waals surface area contributed by atoms with Gasteiger partial charge >= 0.3 is 5.97 Å². The van der Waals surface area contributed by atoms with Crippen LogP contribution in [0, 0.1) is 5.92 Å². The Morgan fingerprint density at radius 3 is 2.44 bits per heavy atom. The van der Waals surface area contributed by atoms with E-state index >= 15 is 0 Å². The number of esters is 1. The molecular weight excluding hydrogens is 579 g/mol. The van der Waals surface area contributed by atoms with Crippen LogP contribution in [0.4, 0.5) is 5.69 Å². The minimum absolute atomic E-state index is 0.0109. The molecule has 1 atom stereocenters. The zero-order chi connectivity index (χ0) is 29.0. The summed E-state index contributed by atoms with van der Waals surface area (Å²) in [5, 5.41) is 2.46. The molecule has 3 rings (SSSR count). The highest BCUT2D eigenvalue weighted by molar-refractivity contribution is 7.90. The topological polar surface area (TPSA) is 109 Å². The second kappa shape index (κ2) is 13.0. The number of anilines is 1. The molecule has 0 aliphatic heterocycles. The summed E-state index contributed by atoms with van der Waals surface area (Å²) in [6.07, 6.45) is 1.74. The number of hydrogen-bond donors (Lipinski definition) is 3. The van der Waals surface area contributed by atoms with Crippen LogP contribution in [0.1, 0.15) is 47.2 Å². The lowest BCUT2D eigenvalue weighted by Crippen LogP contribution is -2.39. The Labute approximate surface area is 244 Å². The Morgan fingerprint density at radius 2 is 1.82 bits per heavy atom. The van der Waals surface area contributed by atoms with Crippen molar-refractivity contribution in [2.75, 3.05) is 11.3 Å². The van der Waals surface area contributed by atoms with Crippen molar-refractivity contribution in [1.29, 1.82) is 0 Å². The number of rotatable bonds is 12. The number of aromatic nitrogens is 1. The predicted molar refractivity (Wildman–Crippen MR) is 160 cm³/mol. The number of thiophene rings is 1. The third-order valence-electron chi connectivity index (χ3n) is 5.88. The molecule has 3 aromatic rings. The van der Waals surface area contributed by atoms with Crippen molar-refractivity contribution in [2.45, 2.75) is 59.0 Å². The first-order chi connectivity index (χ1) is 18.2. The van der Waals surface area contributed by atoms with Crippen LogP contribution in [-0.2, 0) is 25.2 Å². The molecule has 0 unspecified atom stereocenters. The Balaban J connectivity index is 1.77. The summed E-state index contributed by atoms with van der Waals surface area (Å²) in [6.45, 7) is 11.4. The normalized spacial score (nSPS) is 13.1. The van der Waals surface area contributed by atoms with Crippen LogP contribution in [0.2, 0.25) is 5.02 Å². The summed E-state index contributed by atoms with van der Waals surface area (Å²) in [6, 6.07) is 10.2. The van der Waals surface area contributed by atoms with Gasteiger partial charge in [-0.3, -0.25) is 14.5 Å². The van der Waals surface area contributed by atoms with Crippen molar-refractivity contribution >= 4 is 56.6 Å². The molecule has 3 N–H and O–H groups in total. The zero-order valence-corrected chi connectivity index (χ0v) is 25.9. The minimum Gasteiger partial charge on any atom is -0.463 e. The Hall–Kier alpha value is -2.21. The average Bonchev–Trinajstić information content (AvgIpc) is 3.32. The summed E-state index contributed by atoms with van der Waals surface area (Å²) < 4.78 is 34.9. The van der Waals surface area contributed by atoms with E-state index in [0.717, 1.165) is 27.3 Å². The number of nitrogens with one attached hydrogen (secondary N) is 3. The number of hydrogen-bond acceptors (Lipinski definition) is 7. The number of halogens is 2. The van der Waals surface area contributed by atoms with Crippen LogP contribution >= 0.6 is 34.7 Å². The molecule has 0 radical (unpaired) electrons. The van der Waals surface area contributed by atoms with E-state index in [4.69, 9.17) is 28.1 Å². The SMILES string of the molecule is CC(C)NS(=O)(=O)Nc1ccc(-c2cc(-c3ccnc(C(C)(C)COC(=O)[C@@H](NCl)C(C)C)c3)cs2)c(Cl)c1. The predicted octanol–water partition coefficient (Wildman–Crippen LogP) is 6.37. The minimum atomic E-state index is -3.69. The van der Waals surface area contributed by atoms with Gasteiger partial charge in [0, 0.05) is 33.8 Å². The van der Waals surface area contributed by atoms with Crippen LogP contribution in [0.3, 0.4) is 0 Å². The van der Waals surface area contributed by atoms with Gasteiger partial charge in [-0.1, -0.05) is 39.3 Å². The molecular formula is C27H34Cl2N4O4S2. The number of pyridine rings is 1. The molecule has 0 saturated heterocycles. The van der Waals surface area contributed by atoms with Gasteiger partial charge in [0.1, 0.15) is 12.6 Å². The lowest BCUT2D eigenvalue weighted by atomic mass is 9.88. The molecule has 12 heteroatoms. The number of carbonyl (C=O) groups is 1. The van der Waals surface area contributed by atoms with E-state index in [2.05, 4.69) is 19.3 Å². The monoisotopic (exact) mass is 612 g/mol. The van der Waals surface area contributed by atoms with Gasteiger partial charge < -0.3 is 4.74 Å². The summed E-state index contributed by atoms with van der Waals surface area (Å²) in [5.74, 6) is -0.415. The Bertz CT molecular complexity index is 1410. The van der Waals surface area contributed by atoms with Gasteiger partial charge in [0.25, 0.3) is 10.2 Å². The molecule has 0 aliphatic carbocycles. The zero-order valence-electron chi connectivity index (χ0n) is 22.7. The van der Waals surface area contributed by atoms with Crippen molar-refractivity contribution < 1.29 is 17.9 Å². The first kappa shape index (κ1) is 31.3.